The fourth-order valence-corrected chi connectivity index (χ4v) is 8.15. The van der Waals surface area contributed by atoms with Crippen LogP contribution in [-0.4, -0.2) is 15.0 Å². The van der Waals surface area contributed by atoms with Crippen LogP contribution in [0.15, 0.2) is 189 Å². The summed E-state index contributed by atoms with van der Waals surface area (Å²) in [5.74, 6) is 1.64. The summed E-state index contributed by atoms with van der Waals surface area (Å²) in [4.78, 5) is 15.3. The molecule has 0 N–H and O–H groups in total. The number of benzene rings is 8. The van der Waals surface area contributed by atoms with Crippen LogP contribution in [0.5, 0.6) is 0 Å². The molecule has 0 saturated heterocycles. The normalized spacial score (nSPS) is 11.9. The fourth-order valence-electron chi connectivity index (χ4n) is 8.15. The highest BCUT2D eigenvalue weighted by atomic mass is 16.3. The molecule has 0 fully saturated rings. The van der Waals surface area contributed by atoms with Gasteiger partial charge in [0, 0.05) is 54.6 Å². The van der Waals surface area contributed by atoms with Crippen molar-refractivity contribution in [3.05, 3.63) is 176 Å². The van der Waals surface area contributed by atoms with Gasteiger partial charge in [0.2, 0.25) is 0 Å². The number of aromatic nitrogens is 3. The van der Waals surface area contributed by atoms with Gasteiger partial charge in [-0.05, 0) is 71.3 Å². The zero-order valence-electron chi connectivity index (χ0n) is 30.3. The summed E-state index contributed by atoms with van der Waals surface area (Å²) in [5.41, 5.74) is 11.7. The van der Waals surface area contributed by atoms with E-state index >= 15 is 0 Å². The van der Waals surface area contributed by atoms with Crippen molar-refractivity contribution in [2.24, 2.45) is 0 Å². The predicted octanol–water partition coefficient (Wildman–Crippen LogP) is 13.9. The van der Waals surface area contributed by atoms with E-state index in [4.69, 9.17) is 28.2 Å². The maximum Gasteiger partial charge on any atom is 0.164 e. The van der Waals surface area contributed by atoms with E-state index in [-0.39, 0.29) is 0 Å². The molecule has 12 rings (SSSR count). The number of para-hydroxylation sites is 3. The van der Waals surface area contributed by atoms with Crippen LogP contribution in [0.25, 0.3) is 122 Å². The van der Waals surface area contributed by atoms with E-state index in [1.165, 1.54) is 0 Å². The first-order valence-corrected chi connectivity index (χ1v) is 18.9. The Kier molecular flexibility index (Phi) is 6.83. The van der Waals surface area contributed by atoms with Crippen LogP contribution in [0, 0.1) is 0 Å². The first-order valence-electron chi connectivity index (χ1n) is 18.9. The molecule has 6 heteroatoms. The Balaban J connectivity index is 1.01. The number of hydrogen-bond donors (Lipinski definition) is 0. The van der Waals surface area contributed by atoms with Gasteiger partial charge in [0.15, 0.2) is 17.5 Å². The number of hydrogen-bond acceptors (Lipinski definition) is 6. The number of furan rings is 3. The van der Waals surface area contributed by atoms with Crippen molar-refractivity contribution in [3.8, 4) is 56.4 Å². The molecule has 0 radical (unpaired) electrons. The molecule has 0 aliphatic rings. The van der Waals surface area contributed by atoms with Gasteiger partial charge in [-0.2, -0.15) is 0 Å². The molecule has 0 aliphatic carbocycles. The van der Waals surface area contributed by atoms with Gasteiger partial charge in [0.1, 0.15) is 33.5 Å². The maximum atomic E-state index is 6.63. The Morgan fingerprint density at radius 2 is 0.684 bits per heavy atom. The molecule has 0 saturated carbocycles. The van der Waals surface area contributed by atoms with Crippen molar-refractivity contribution in [1.29, 1.82) is 0 Å². The molecule has 0 bridgehead atoms. The quantitative estimate of drug-likeness (QED) is 0.175. The van der Waals surface area contributed by atoms with Gasteiger partial charge in [-0.3, -0.25) is 0 Å². The summed E-state index contributed by atoms with van der Waals surface area (Å²) in [7, 11) is 0. The Morgan fingerprint density at radius 3 is 1.33 bits per heavy atom. The third-order valence-corrected chi connectivity index (χ3v) is 10.9. The highest BCUT2D eigenvalue weighted by Gasteiger charge is 2.18. The van der Waals surface area contributed by atoms with E-state index in [0.717, 1.165) is 105 Å². The summed E-state index contributed by atoms with van der Waals surface area (Å²) in [5, 5.41) is 6.41. The number of fused-ring (bicyclic) bond motifs is 9. The minimum Gasteiger partial charge on any atom is -0.456 e. The average Bonchev–Trinajstić information content (AvgIpc) is 3.97. The number of rotatable bonds is 5. The van der Waals surface area contributed by atoms with Crippen molar-refractivity contribution in [2.75, 3.05) is 0 Å². The average molecular weight is 732 g/mol. The molecule has 0 atom stereocenters. The molecule has 0 amide bonds. The highest BCUT2D eigenvalue weighted by Crippen LogP contribution is 2.39. The lowest BCUT2D eigenvalue weighted by Gasteiger charge is -2.10. The monoisotopic (exact) mass is 731 g/mol. The molecular weight excluding hydrogens is 703 g/mol. The molecule has 6 nitrogen and oxygen atoms in total. The van der Waals surface area contributed by atoms with Crippen LogP contribution in [0.2, 0.25) is 0 Å². The Labute approximate surface area is 325 Å². The molecule has 0 aliphatic heterocycles. The van der Waals surface area contributed by atoms with Gasteiger partial charge in [0.25, 0.3) is 0 Å². The molecular formula is C51H29N3O3. The minimum absolute atomic E-state index is 0.541. The first-order chi connectivity index (χ1) is 28.2. The molecule has 57 heavy (non-hydrogen) atoms. The minimum atomic E-state index is 0.541. The van der Waals surface area contributed by atoms with Crippen LogP contribution < -0.4 is 0 Å². The third-order valence-electron chi connectivity index (χ3n) is 10.9. The Hall–Kier alpha value is -7.83. The zero-order valence-corrected chi connectivity index (χ0v) is 30.3. The second kappa shape index (κ2) is 12.3. The maximum absolute atomic E-state index is 6.63. The molecule has 0 unspecified atom stereocenters. The second-order valence-electron chi connectivity index (χ2n) is 14.4. The second-order valence-corrected chi connectivity index (χ2v) is 14.4. The van der Waals surface area contributed by atoms with Crippen molar-refractivity contribution in [3.63, 3.8) is 0 Å². The van der Waals surface area contributed by atoms with Gasteiger partial charge in [-0.25, -0.2) is 15.0 Å². The van der Waals surface area contributed by atoms with Gasteiger partial charge in [-0.15, -0.1) is 0 Å². The van der Waals surface area contributed by atoms with E-state index in [1.54, 1.807) is 0 Å². The van der Waals surface area contributed by atoms with Crippen LogP contribution in [0.4, 0.5) is 0 Å². The van der Waals surface area contributed by atoms with Gasteiger partial charge >= 0.3 is 0 Å². The molecule has 12 aromatic rings. The Bertz CT molecular complexity index is 3540. The van der Waals surface area contributed by atoms with E-state index < -0.39 is 0 Å². The van der Waals surface area contributed by atoms with Gasteiger partial charge in [0.05, 0.1) is 0 Å². The van der Waals surface area contributed by atoms with Gasteiger partial charge in [-0.1, -0.05) is 121 Å². The smallest absolute Gasteiger partial charge is 0.164 e. The fraction of sp³-hybridized carbons (Fsp3) is 0. The predicted molar refractivity (Wildman–Crippen MR) is 229 cm³/mol. The lowest BCUT2D eigenvalue weighted by atomic mass is 10.0. The molecule has 8 aromatic carbocycles. The summed E-state index contributed by atoms with van der Waals surface area (Å²) < 4.78 is 19.2. The SMILES string of the molecule is c1ccc(-c2cccc3c2oc2cc(-c4nc(-c5cccc(-c6ccc7c(c6)oc6ccccc67)c5)nc(-c5ccc6c(c5)oc5ccccc56)n4)ccc23)cc1. The van der Waals surface area contributed by atoms with Crippen molar-refractivity contribution in [1.82, 2.24) is 15.0 Å². The summed E-state index contributed by atoms with van der Waals surface area (Å²) >= 11 is 0. The lowest BCUT2D eigenvalue weighted by molar-refractivity contribution is 0.668. The van der Waals surface area contributed by atoms with Crippen molar-refractivity contribution in [2.45, 2.75) is 0 Å². The Morgan fingerprint density at radius 1 is 0.263 bits per heavy atom. The topological polar surface area (TPSA) is 78.1 Å². The van der Waals surface area contributed by atoms with E-state index in [2.05, 4.69) is 97.1 Å². The molecule has 4 aromatic heterocycles. The summed E-state index contributed by atoms with van der Waals surface area (Å²) in [6, 6.07) is 59.9. The van der Waals surface area contributed by atoms with Crippen molar-refractivity contribution < 1.29 is 13.3 Å². The van der Waals surface area contributed by atoms with Crippen molar-refractivity contribution >= 4 is 65.8 Å². The van der Waals surface area contributed by atoms with E-state index in [0.29, 0.717) is 17.5 Å². The van der Waals surface area contributed by atoms with Crippen LogP contribution in [-0.2, 0) is 0 Å². The standard InChI is InChI=1S/C51H29N3O3/c1-2-10-30(11-3-1)36-16-9-17-42-41-25-22-35(29-47(41)57-48(36)42)51-53-49(52-50(54-51)34-21-24-40-38-15-5-7-19-44(38)56-46(40)28-34)33-13-8-12-31(26-33)32-20-23-39-37-14-4-6-18-43(37)55-45(39)27-32/h1-29H. The van der Waals surface area contributed by atoms with E-state index in [1.807, 2.05) is 78.9 Å². The van der Waals surface area contributed by atoms with Gasteiger partial charge < -0.3 is 13.3 Å². The summed E-state index contributed by atoms with van der Waals surface area (Å²) in [6.45, 7) is 0. The molecule has 0 spiro atoms. The van der Waals surface area contributed by atoms with E-state index in [9.17, 15) is 0 Å². The number of nitrogens with zero attached hydrogens (tertiary/aromatic N) is 3. The van der Waals surface area contributed by atoms with Crippen LogP contribution >= 0.6 is 0 Å². The lowest BCUT2D eigenvalue weighted by Crippen LogP contribution is -2.00. The van der Waals surface area contributed by atoms with Crippen LogP contribution in [0.1, 0.15) is 0 Å². The largest absolute Gasteiger partial charge is 0.456 e. The third kappa shape index (κ3) is 5.15. The zero-order chi connectivity index (χ0) is 37.5. The summed E-state index contributed by atoms with van der Waals surface area (Å²) in [6.07, 6.45) is 0. The van der Waals surface area contributed by atoms with Crippen LogP contribution in [0.3, 0.4) is 0 Å². The molecule has 4 heterocycles. The highest BCUT2D eigenvalue weighted by molar-refractivity contribution is 6.10. The first kappa shape index (κ1) is 31.5. The molecule has 266 valence electrons.